The molecular formula is C39H44O10. The van der Waals surface area contributed by atoms with Gasteiger partial charge in [0.05, 0.1) is 37.6 Å². The number of hydrogen-bond donors (Lipinski definition) is 0. The molecule has 0 amide bonds. The maximum atomic E-state index is 13.3. The van der Waals surface area contributed by atoms with Crippen molar-refractivity contribution in [1.82, 2.24) is 0 Å². The van der Waals surface area contributed by atoms with Crippen molar-refractivity contribution >= 4 is 23.9 Å². The lowest BCUT2D eigenvalue weighted by Crippen LogP contribution is -2.49. The molecule has 4 rings (SSSR count). The van der Waals surface area contributed by atoms with E-state index in [0.717, 1.165) is 41.7 Å². The van der Waals surface area contributed by atoms with E-state index in [9.17, 15) is 19.2 Å². The number of hydrogen-bond acceptors (Lipinski definition) is 10. The molecule has 2 aromatic rings. The summed E-state index contributed by atoms with van der Waals surface area (Å²) in [7, 11) is 0. The van der Waals surface area contributed by atoms with Crippen LogP contribution in [-0.4, -0.2) is 61.5 Å². The molecule has 2 aromatic carbocycles. The summed E-state index contributed by atoms with van der Waals surface area (Å²) in [5.74, 6) is -0.601. The van der Waals surface area contributed by atoms with Gasteiger partial charge >= 0.3 is 23.9 Å². The second-order valence-electron chi connectivity index (χ2n) is 12.1. The summed E-state index contributed by atoms with van der Waals surface area (Å²) in [6.07, 6.45) is 8.30. The Morgan fingerprint density at radius 1 is 0.653 bits per heavy atom. The third-order valence-corrected chi connectivity index (χ3v) is 8.63. The van der Waals surface area contributed by atoms with Crippen LogP contribution in [-0.2, 0) is 28.5 Å². The molecule has 0 radical (unpaired) electrons. The van der Waals surface area contributed by atoms with Gasteiger partial charge in [0.25, 0.3) is 0 Å². The molecule has 0 N–H and O–H groups in total. The average molecular weight is 673 g/mol. The lowest BCUT2D eigenvalue weighted by molar-refractivity contribution is -0.138. The number of ether oxygens (including phenoxy) is 6. The predicted octanol–water partition coefficient (Wildman–Crippen LogP) is 7.04. The van der Waals surface area contributed by atoms with Gasteiger partial charge in [-0.25, -0.2) is 19.2 Å². The minimum Gasteiger partial charge on any atom is -0.494 e. The molecule has 10 nitrogen and oxygen atoms in total. The molecule has 0 aromatic heterocycles. The number of benzene rings is 2. The third-order valence-electron chi connectivity index (χ3n) is 8.63. The van der Waals surface area contributed by atoms with Crippen LogP contribution in [0.25, 0.3) is 0 Å². The molecule has 0 saturated carbocycles. The van der Waals surface area contributed by atoms with E-state index >= 15 is 0 Å². The summed E-state index contributed by atoms with van der Waals surface area (Å²) in [5, 5.41) is 0. The topological polar surface area (TPSA) is 124 Å². The largest absolute Gasteiger partial charge is 0.494 e. The first kappa shape index (κ1) is 36.7. The molecule has 2 unspecified atom stereocenters. The van der Waals surface area contributed by atoms with E-state index in [2.05, 4.69) is 13.2 Å². The smallest absolute Gasteiger partial charge is 0.339 e. The van der Waals surface area contributed by atoms with E-state index in [0.29, 0.717) is 74.7 Å². The Morgan fingerprint density at radius 2 is 1.08 bits per heavy atom. The van der Waals surface area contributed by atoms with Gasteiger partial charge in [0.1, 0.15) is 17.1 Å². The molecule has 0 heterocycles. The van der Waals surface area contributed by atoms with Crippen LogP contribution in [0.2, 0.25) is 0 Å². The van der Waals surface area contributed by atoms with Gasteiger partial charge in [-0.3, -0.25) is 0 Å². The Hall–Kier alpha value is -5.12. The highest BCUT2D eigenvalue weighted by molar-refractivity contribution is 5.91. The van der Waals surface area contributed by atoms with Gasteiger partial charge in [-0.1, -0.05) is 13.2 Å². The molecule has 49 heavy (non-hydrogen) atoms. The molecular weight excluding hydrogens is 628 g/mol. The maximum absolute atomic E-state index is 13.3. The molecule has 0 fully saturated rings. The summed E-state index contributed by atoms with van der Waals surface area (Å²) in [6.45, 7) is 13.8. The van der Waals surface area contributed by atoms with E-state index in [1.165, 1.54) is 0 Å². The molecule has 10 heteroatoms. The fraction of sp³-hybridized carbons (Fsp3) is 0.385. The number of esters is 4. The molecule has 2 aliphatic carbocycles. The van der Waals surface area contributed by atoms with Gasteiger partial charge in [0.2, 0.25) is 0 Å². The molecule has 2 aliphatic rings. The predicted molar refractivity (Wildman–Crippen MR) is 182 cm³/mol. The monoisotopic (exact) mass is 672 g/mol. The Labute approximate surface area is 287 Å². The van der Waals surface area contributed by atoms with Gasteiger partial charge < -0.3 is 28.4 Å². The van der Waals surface area contributed by atoms with E-state index in [1.54, 1.807) is 48.5 Å². The zero-order chi connectivity index (χ0) is 35.4. The van der Waals surface area contributed by atoms with Crippen LogP contribution in [0.3, 0.4) is 0 Å². The first-order valence-electron chi connectivity index (χ1n) is 16.4. The summed E-state index contributed by atoms with van der Waals surface area (Å²) in [5.41, 5.74) is 1.49. The zero-order valence-corrected chi connectivity index (χ0v) is 28.4. The molecule has 0 saturated heterocycles. The van der Waals surface area contributed by atoms with Crippen molar-refractivity contribution in [2.75, 3.05) is 26.4 Å². The second-order valence-corrected chi connectivity index (χ2v) is 12.1. The van der Waals surface area contributed by atoms with Crippen LogP contribution in [0.5, 0.6) is 11.5 Å². The summed E-state index contributed by atoms with van der Waals surface area (Å²) < 4.78 is 33.6. The zero-order valence-electron chi connectivity index (χ0n) is 28.4. The van der Waals surface area contributed by atoms with Crippen molar-refractivity contribution in [3.05, 3.63) is 108 Å². The van der Waals surface area contributed by atoms with Gasteiger partial charge in [-0.15, -0.1) is 0 Å². The Morgan fingerprint density at radius 3 is 1.51 bits per heavy atom. The minimum atomic E-state index is -0.975. The van der Waals surface area contributed by atoms with Crippen LogP contribution >= 0.6 is 0 Å². The van der Waals surface area contributed by atoms with Crippen LogP contribution < -0.4 is 9.47 Å². The molecule has 2 atom stereocenters. The normalized spacial score (nSPS) is 19.3. The summed E-state index contributed by atoms with van der Waals surface area (Å²) in [4.78, 5) is 48.7. The highest BCUT2D eigenvalue weighted by Crippen LogP contribution is 2.52. The van der Waals surface area contributed by atoms with Gasteiger partial charge in [-0.05, 0) is 131 Å². The van der Waals surface area contributed by atoms with Crippen molar-refractivity contribution < 1.29 is 47.6 Å². The van der Waals surface area contributed by atoms with E-state index in [1.807, 2.05) is 26.8 Å². The summed E-state index contributed by atoms with van der Waals surface area (Å²) in [6, 6.07) is 13.5. The standard InChI is InChI=1S/C39H44O10/c1-6-34(40)46-24-10-8-22-44-30-16-12-28(13-17-30)36(42)48-38(4)26-27(3)39(5,33-21-20-32(33)38)49-37(43)29-14-18-31(19-15-29)45-23-9-11-25-47-35(41)7-2/h6-7,12-19,26H,1-2,8-11,20-25H2,3-5H3. The quantitative estimate of drug-likeness (QED) is 0.0535. The SMILES string of the molecule is C=CC(=O)OCCCCOc1ccc(C(=O)OC2(C)C=C(C)C(C)(OC(=O)c3ccc(OCCCCOC(=O)C=C)cc3)C3=C2CC3)cc1. The van der Waals surface area contributed by atoms with Crippen LogP contribution in [0, 0.1) is 0 Å². The first-order valence-corrected chi connectivity index (χ1v) is 16.4. The van der Waals surface area contributed by atoms with E-state index in [-0.39, 0.29) is 0 Å². The van der Waals surface area contributed by atoms with Crippen LogP contribution in [0.15, 0.2) is 96.6 Å². The Kier molecular flexibility index (Phi) is 12.6. The lowest BCUT2D eigenvalue weighted by atomic mass is 9.64. The van der Waals surface area contributed by atoms with E-state index < -0.39 is 35.1 Å². The number of carbonyl (C=O) groups is 4. The first-order chi connectivity index (χ1) is 23.5. The van der Waals surface area contributed by atoms with Gasteiger partial charge in [-0.2, -0.15) is 0 Å². The van der Waals surface area contributed by atoms with E-state index in [4.69, 9.17) is 28.4 Å². The van der Waals surface area contributed by atoms with Gasteiger partial charge in [0, 0.05) is 12.2 Å². The third kappa shape index (κ3) is 9.49. The maximum Gasteiger partial charge on any atom is 0.339 e. The van der Waals surface area contributed by atoms with Crippen molar-refractivity contribution in [3.8, 4) is 11.5 Å². The van der Waals surface area contributed by atoms with Crippen molar-refractivity contribution in [1.29, 1.82) is 0 Å². The number of unbranched alkanes of at least 4 members (excludes halogenated alkanes) is 2. The molecule has 0 bridgehead atoms. The van der Waals surface area contributed by atoms with Crippen LogP contribution in [0.1, 0.15) is 80.0 Å². The molecule has 0 spiro atoms. The minimum absolute atomic E-state index is 0.303. The number of carbonyl (C=O) groups excluding carboxylic acids is 4. The fourth-order valence-corrected chi connectivity index (χ4v) is 5.68. The molecule has 0 aliphatic heterocycles. The number of rotatable bonds is 18. The van der Waals surface area contributed by atoms with Crippen molar-refractivity contribution in [2.45, 2.75) is 70.5 Å². The van der Waals surface area contributed by atoms with Crippen molar-refractivity contribution in [3.63, 3.8) is 0 Å². The molecule has 260 valence electrons. The highest BCUT2D eigenvalue weighted by Gasteiger charge is 2.51. The summed E-state index contributed by atoms with van der Waals surface area (Å²) >= 11 is 0. The van der Waals surface area contributed by atoms with Gasteiger partial charge in [0.15, 0.2) is 5.60 Å². The fourth-order valence-electron chi connectivity index (χ4n) is 5.68. The average Bonchev–Trinajstić information content (AvgIpc) is 3.06. The van der Waals surface area contributed by atoms with Crippen LogP contribution in [0.4, 0.5) is 0 Å². The van der Waals surface area contributed by atoms with Crippen molar-refractivity contribution in [2.24, 2.45) is 0 Å². The Bertz CT molecular complexity index is 1600. The highest BCUT2D eigenvalue weighted by atomic mass is 16.6. The second kappa shape index (κ2) is 16.8. The Balaban J connectivity index is 1.29. The lowest BCUT2D eigenvalue weighted by Gasteiger charge is -2.48.